The van der Waals surface area contributed by atoms with Gasteiger partial charge in [0.25, 0.3) is 5.91 Å². The average Bonchev–Trinajstić information content (AvgIpc) is 3.16. The van der Waals surface area contributed by atoms with E-state index in [9.17, 15) is 14.4 Å². The Balaban J connectivity index is 0.00000130. The highest BCUT2D eigenvalue weighted by Crippen LogP contribution is 2.33. The first-order chi connectivity index (χ1) is 24.0. The number of amides is 2. The molecule has 1 saturated heterocycles. The van der Waals surface area contributed by atoms with Gasteiger partial charge >= 0.3 is 0 Å². The molecule has 0 radical (unpaired) electrons. The second-order valence-electron chi connectivity index (χ2n) is 12.4. The summed E-state index contributed by atoms with van der Waals surface area (Å²) in [7, 11) is 1.00. The smallest absolute Gasteiger partial charge is 0.251 e. The van der Waals surface area contributed by atoms with E-state index in [0.717, 1.165) is 47.6 Å². The molecule has 258 valence electrons. The molecule has 1 aromatic heterocycles. The van der Waals surface area contributed by atoms with Gasteiger partial charge in [0.1, 0.15) is 12.3 Å². The Labute approximate surface area is 291 Å². The molecule has 6 rings (SSSR count). The molecule has 1 atom stereocenters. The quantitative estimate of drug-likeness (QED) is 0.176. The van der Waals surface area contributed by atoms with Crippen LogP contribution in [-0.4, -0.2) is 64.3 Å². The number of aromatic nitrogens is 2. The Bertz CT molecular complexity index is 1610. The number of nitrogens with zero attached hydrogens (tertiary/aromatic N) is 3. The minimum Gasteiger partial charge on any atom is -0.400 e. The van der Waals surface area contributed by atoms with Crippen molar-refractivity contribution < 1.29 is 19.5 Å². The number of aliphatic hydroxyl groups excluding tert-OH is 1. The molecular weight excluding hydrogens is 612 g/mol. The zero-order valence-electron chi connectivity index (χ0n) is 29.3. The normalized spacial score (nSPS) is 15.0. The van der Waals surface area contributed by atoms with Gasteiger partial charge in [-0.15, -0.1) is 0 Å². The lowest BCUT2D eigenvalue weighted by Gasteiger charge is -2.38. The molecule has 49 heavy (non-hydrogen) atoms. The Morgan fingerprint density at radius 1 is 0.816 bits per heavy atom. The number of aldehydes is 1. The van der Waals surface area contributed by atoms with E-state index in [-0.39, 0.29) is 17.7 Å². The Morgan fingerprint density at radius 3 is 1.96 bits per heavy atom. The van der Waals surface area contributed by atoms with Crippen molar-refractivity contribution in [2.24, 2.45) is 5.92 Å². The predicted octanol–water partition coefficient (Wildman–Crippen LogP) is 7.05. The molecule has 1 saturated carbocycles. The highest BCUT2D eigenvalue weighted by molar-refractivity contribution is 5.98. The van der Waals surface area contributed by atoms with Gasteiger partial charge in [0, 0.05) is 61.6 Å². The summed E-state index contributed by atoms with van der Waals surface area (Å²) in [6, 6.07) is 23.3. The van der Waals surface area contributed by atoms with Crippen LogP contribution in [0.3, 0.4) is 0 Å². The van der Waals surface area contributed by atoms with Crippen molar-refractivity contribution in [2.45, 2.75) is 77.7 Å². The van der Waals surface area contributed by atoms with E-state index in [1.807, 2.05) is 62.6 Å². The van der Waals surface area contributed by atoms with E-state index in [4.69, 9.17) is 5.11 Å². The Hall–Kier alpha value is -4.69. The van der Waals surface area contributed by atoms with E-state index in [0.29, 0.717) is 36.8 Å². The lowest BCUT2D eigenvalue weighted by atomic mass is 9.84. The Kier molecular flexibility index (Phi) is 14.2. The Morgan fingerprint density at radius 2 is 1.39 bits per heavy atom. The summed E-state index contributed by atoms with van der Waals surface area (Å²) in [5, 5.41) is 9.95. The van der Waals surface area contributed by atoms with Crippen LogP contribution in [0.4, 0.5) is 0 Å². The number of likely N-dealkylation sites (tertiary alicyclic amines) is 1. The van der Waals surface area contributed by atoms with E-state index in [1.54, 1.807) is 17.0 Å². The van der Waals surface area contributed by atoms with Crippen LogP contribution in [0.25, 0.3) is 22.5 Å². The molecule has 8 heteroatoms. The molecule has 2 aliphatic rings. The first-order valence-electron chi connectivity index (χ1n) is 17.6. The molecule has 1 unspecified atom stereocenters. The van der Waals surface area contributed by atoms with E-state index in [1.165, 1.54) is 37.7 Å². The molecule has 2 amide bonds. The third kappa shape index (κ3) is 9.70. The fraction of sp³-hybridized carbons (Fsp3) is 0.390. The molecule has 1 aliphatic carbocycles. The number of carbonyl (C=O) groups is 3. The van der Waals surface area contributed by atoms with E-state index >= 15 is 0 Å². The predicted molar refractivity (Wildman–Crippen MR) is 195 cm³/mol. The zero-order chi connectivity index (χ0) is 35.2. The van der Waals surface area contributed by atoms with Crippen LogP contribution in [0.1, 0.15) is 85.8 Å². The van der Waals surface area contributed by atoms with Crippen molar-refractivity contribution in [3.63, 3.8) is 0 Å². The average molecular weight is 663 g/mol. The van der Waals surface area contributed by atoms with Crippen molar-refractivity contribution in [2.75, 3.05) is 20.2 Å². The van der Waals surface area contributed by atoms with Gasteiger partial charge in [-0.3, -0.25) is 9.59 Å². The second-order valence-corrected chi connectivity index (χ2v) is 12.4. The molecule has 2 N–H and O–H groups in total. The summed E-state index contributed by atoms with van der Waals surface area (Å²) in [6.45, 7) is 6.83. The molecule has 2 heterocycles. The number of rotatable bonds is 10. The van der Waals surface area contributed by atoms with Gasteiger partial charge in [-0.2, -0.15) is 0 Å². The highest BCUT2D eigenvalue weighted by Gasteiger charge is 2.35. The zero-order valence-corrected chi connectivity index (χ0v) is 29.3. The van der Waals surface area contributed by atoms with Crippen molar-refractivity contribution in [3.8, 4) is 22.5 Å². The van der Waals surface area contributed by atoms with Crippen molar-refractivity contribution >= 4 is 18.1 Å². The minimum atomic E-state index is -0.748. The van der Waals surface area contributed by atoms with Crippen LogP contribution < -0.4 is 5.32 Å². The summed E-state index contributed by atoms with van der Waals surface area (Å²) in [4.78, 5) is 48.5. The molecule has 2 fully saturated rings. The van der Waals surface area contributed by atoms with Crippen molar-refractivity contribution in [1.82, 2.24) is 20.2 Å². The van der Waals surface area contributed by atoms with Gasteiger partial charge < -0.3 is 20.1 Å². The number of aliphatic hydroxyl groups is 1. The van der Waals surface area contributed by atoms with Crippen LogP contribution in [0.5, 0.6) is 0 Å². The van der Waals surface area contributed by atoms with Gasteiger partial charge in [0.15, 0.2) is 5.82 Å². The number of hydrogen-bond donors (Lipinski definition) is 2. The molecule has 8 nitrogen and oxygen atoms in total. The molecule has 0 bridgehead atoms. The molecule has 0 spiro atoms. The van der Waals surface area contributed by atoms with Crippen molar-refractivity contribution in [3.05, 3.63) is 107 Å². The highest BCUT2D eigenvalue weighted by atomic mass is 16.2. The van der Waals surface area contributed by atoms with Crippen molar-refractivity contribution in [1.29, 1.82) is 0 Å². The number of benzene rings is 3. The van der Waals surface area contributed by atoms with Gasteiger partial charge in [0.2, 0.25) is 5.91 Å². The largest absolute Gasteiger partial charge is 0.400 e. The first-order valence-corrected chi connectivity index (χ1v) is 17.6. The molecule has 1 aliphatic heterocycles. The summed E-state index contributed by atoms with van der Waals surface area (Å²) < 4.78 is 0. The number of aryl methyl sites for hydroxylation is 1. The van der Waals surface area contributed by atoms with Gasteiger partial charge in [-0.05, 0) is 59.6 Å². The van der Waals surface area contributed by atoms with Gasteiger partial charge in [-0.1, -0.05) is 101 Å². The number of hydrogen-bond acceptors (Lipinski definition) is 6. The number of nitrogens with one attached hydrogen (secondary N) is 1. The summed E-state index contributed by atoms with van der Waals surface area (Å²) in [6.07, 6.45) is 12.4. The van der Waals surface area contributed by atoms with Crippen LogP contribution in [-0.2, 0) is 22.4 Å². The standard InChI is InChI=1S/C38H40N4O3.C2H6.CH4O/c1-2-26-8-14-33(15-9-26)37(44)41-35(38(45)42-23-28(24-42)25-43)20-27-10-12-32(13-11-27)36-39-21-34(22-40-36)31-18-16-30(17-19-31)29-6-4-3-5-7-29;2*1-2/h8-19,21-22,25,28-29,35H,2-7,20,23-24H2,1H3,(H,41,44);1-2H3;2H,1H3. The fourth-order valence-electron chi connectivity index (χ4n) is 6.37. The summed E-state index contributed by atoms with van der Waals surface area (Å²) in [5.74, 6) is 0.695. The topological polar surface area (TPSA) is 112 Å². The summed E-state index contributed by atoms with van der Waals surface area (Å²) in [5.41, 5.74) is 6.95. The van der Waals surface area contributed by atoms with E-state index < -0.39 is 6.04 Å². The van der Waals surface area contributed by atoms with Crippen LogP contribution in [0.2, 0.25) is 0 Å². The second kappa shape index (κ2) is 18.7. The van der Waals surface area contributed by atoms with Crippen LogP contribution in [0.15, 0.2) is 85.2 Å². The fourth-order valence-corrected chi connectivity index (χ4v) is 6.37. The summed E-state index contributed by atoms with van der Waals surface area (Å²) >= 11 is 0. The molecular formula is C41H50N4O4. The van der Waals surface area contributed by atoms with E-state index in [2.05, 4.69) is 46.5 Å². The van der Waals surface area contributed by atoms with Crippen LogP contribution in [0, 0.1) is 5.92 Å². The number of carbonyl (C=O) groups excluding carboxylic acids is 3. The maximum Gasteiger partial charge on any atom is 0.251 e. The molecule has 4 aromatic rings. The monoisotopic (exact) mass is 662 g/mol. The SMILES string of the molecule is CC.CCc1ccc(C(=O)NC(Cc2ccc(-c3ncc(-c4ccc(C5CCCCC5)cc4)cn3)cc2)C(=O)N2CC(C=O)C2)cc1.CO. The van der Waals surface area contributed by atoms with Gasteiger partial charge in [-0.25, -0.2) is 9.97 Å². The minimum absolute atomic E-state index is 0.140. The first kappa shape index (κ1) is 37.1. The lowest BCUT2D eigenvalue weighted by molar-refractivity contribution is -0.141. The lowest BCUT2D eigenvalue weighted by Crippen LogP contribution is -2.58. The third-order valence-electron chi connectivity index (χ3n) is 9.27. The third-order valence-corrected chi connectivity index (χ3v) is 9.27. The van der Waals surface area contributed by atoms with Gasteiger partial charge in [0.05, 0.1) is 0 Å². The molecule has 3 aromatic carbocycles. The maximum atomic E-state index is 13.4. The maximum absolute atomic E-state index is 13.4. The van der Waals surface area contributed by atoms with Crippen LogP contribution >= 0.6 is 0 Å².